The quantitative estimate of drug-likeness (QED) is 0.842. The zero-order valence-electron chi connectivity index (χ0n) is 13.4. The summed E-state index contributed by atoms with van der Waals surface area (Å²) in [4.78, 5) is 16.5. The summed E-state index contributed by atoms with van der Waals surface area (Å²) in [7, 11) is 0. The lowest BCUT2D eigenvalue weighted by atomic mass is 10.2. The van der Waals surface area contributed by atoms with Gasteiger partial charge in [0.15, 0.2) is 0 Å². The van der Waals surface area contributed by atoms with Crippen molar-refractivity contribution < 1.29 is 4.79 Å². The number of hydrogen-bond acceptors (Lipinski definition) is 2. The van der Waals surface area contributed by atoms with Gasteiger partial charge >= 0.3 is 6.03 Å². The van der Waals surface area contributed by atoms with Crippen molar-refractivity contribution in [2.24, 2.45) is 0 Å². The van der Waals surface area contributed by atoms with Crippen LogP contribution in [0.15, 0.2) is 42.5 Å². The molecule has 0 atom stereocenters. The maximum absolute atomic E-state index is 12.4. The highest BCUT2D eigenvalue weighted by atomic mass is 35.5. The molecule has 0 saturated carbocycles. The van der Waals surface area contributed by atoms with E-state index >= 15 is 0 Å². The Kier molecular flexibility index (Phi) is 5.17. The normalized spacial score (nSPS) is 14.6. The maximum atomic E-state index is 12.4. The van der Waals surface area contributed by atoms with E-state index in [0.717, 1.165) is 13.1 Å². The number of para-hydroxylation sites is 1. The Bertz CT molecular complexity index is 723. The van der Waals surface area contributed by atoms with Crippen LogP contribution in [-0.2, 0) is 0 Å². The van der Waals surface area contributed by atoms with Gasteiger partial charge in [-0.2, -0.15) is 0 Å². The fourth-order valence-corrected chi connectivity index (χ4v) is 3.29. The molecule has 0 aliphatic carbocycles. The molecule has 1 aliphatic heterocycles. The number of carbonyl (C=O) groups is 1. The Morgan fingerprint density at radius 1 is 1.00 bits per heavy atom. The van der Waals surface area contributed by atoms with E-state index < -0.39 is 0 Å². The molecule has 126 valence electrons. The van der Waals surface area contributed by atoms with Crippen molar-refractivity contribution in [3.05, 3.63) is 58.1 Å². The molecule has 1 heterocycles. The topological polar surface area (TPSA) is 35.6 Å². The van der Waals surface area contributed by atoms with Crippen LogP contribution in [0.1, 0.15) is 5.56 Å². The van der Waals surface area contributed by atoms with Crippen molar-refractivity contribution in [3.8, 4) is 0 Å². The van der Waals surface area contributed by atoms with Gasteiger partial charge in [-0.15, -0.1) is 0 Å². The van der Waals surface area contributed by atoms with E-state index in [1.54, 1.807) is 23.1 Å². The summed E-state index contributed by atoms with van der Waals surface area (Å²) < 4.78 is 0. The minimum absolute atomic E-state index is 0.172. The second-order valence-electron chi connectivity index (χ2n) is 5.84. The zero-order chi connectivity index (χ0) is 17.1. The number of carbonyl (C=O) groups excluding carboxylic acids is 1. The number of nitrogens with one attached hydrogen (secondary N) is 1. The van der Waals surface area contributed by atoms with Gasteiger partial charge in [0.2, 0.25) is 0 Å². The minimum atomic E-state index is -0.172. The number of aryl methyl sites for hydroxylation is 1. The van der Waals surface area contributed by atoms with E-state index in [4.69, 9.17) is 23.2 Å². The van der Waals surface area contributed by atoms with E-state index in [1.807, 2.05) is 0 Å². The number of halogens is 2. The van der Waals surface area contributed by atoms with Gasteiger partial charge < -0.3 is 15.1 Å². The first-order valence-electron chi connectivity index (χ1n) is 7.86. The lowest BCUT2D eigenvalue weighted by Gasteiger charge is -2.36. The fraction of sp³-hybridized carbons (Fsp3) is 0.278. The lowest BCUT2D eigenvalue weighted by Crippen LogP contribution is -2.50. The first kappa shape index (κ1) is 16.9. The second-order valence-corrected chi connectivity index (χ2v) is 6.65. The first-order valence-corrected chi connectivity index (χ1v) is 8.62. The minimum Gasteiger partial charge on any atom is -0.368 e. The molecule has 2 amide bonds. The highest BCUT2D eigenvalue weighted by molar-refractivity contribution is 6.39. The highest BCUT2D eigenvalue weighted by Gasteiger charge is 2.22. The van der Waals surface area contributed by atoms with Gasteiger partial charge in [-0.25, -0.2) is 4.79 Å². The van der Waals surface area contributed by atoms with Crippen molar-refractivity contribution in [2.75, 3.05) is 36.4 Å². The number of nitrogens with zero attached hydrogens (tertiary/aromatic N) is 2. The van der Waals surface area contributed by atoms with Crippen LogP contribution >= 0.6 is 23.2 Å². The number of amides is 2. The molecule has 0 bridgehead atoms. The third kappa shape index (κ3) is 3.77. The molecule has 3 rings (SSSR count). The maximum Gasteiger partial charge on any atom is 0.322 e. The number of rotatable bonds is 2. The molecular weight excluding hydrogens is 345 g/mol. The molecule has 2 aromatic rings. The zero-order valence-corrected chi connectivity index (χ0v) is 14.9. The molecule has 24 heavy (non-hydrogen) atoms. The molecule has 0 unspecified atom stereocenters. The van der Waals surface area contributed by atoms with Gasteiger partial charge in [-0.1, -0.05) is 41.4 Å². The Morgan fingerprint density at radius 2 is 1.62 bits per heavy atom. The predicted octanol–water partition coefficient (Wildman–Crippen LogP) is 4.66. The Morgan fingerprint density at radius 3 is 2.25 bits per heavy atom. The van der Waals surface area contributed by atoms with Crippen LogP contribution in [0, 0.1) is 6.92 Å². The van der Waals surface area contributed by atoms with Gasteiger partial charge in [0.25, 0.3) is 0 Å². The van der Waals surface area contributed by atoms with Crippen LogP contribution in [0.4, 0.5) is 16.2 Å². The summed E-state index contributed by atoms with van der Waals surface area (Å²) in [5, 5.41) is 3.69. The summed E-state index contributed by atoms with van der Waals surface area (Å²) in [5.74, 6) is 0. The second kappa shape index (κ2) is 7.32. The van der Waals surface area contributed by atoms with Crippen LogP contribution < -0.4 is 10.2 Å². The Hall–Kier alpha value is -1.91. The van der Waals surface area contributed by atoms with Crippen molar-refractivity contribution in [2.45, 2.75) is 6.92 Å². The summed E-state index contributed by atoms with van der Waals surface area (Å²) in [6.07, 6.45) is 0. The van der Waals surface area contributed by atoms with Crippen LogP contribution in [-0.4, -0.2) is 37.1 Å². The van der Waals surface area contributed by atoms with Gasteiger partial charge in [0, 0.05) is 31.9 Å². The van der Waals surface area contributed by atoms with E-state index in [1.165, 1.54) is 11.3 Å². The summed E-state index contributed by atoms with van der Waals surface area (Å²) in [6, 6.07) is 13.4. The van der Waals surface area contributed by atoms with Gasteiger partial charge in [0.1, 0.15) is 0 Å². The number of piperazine rings is 1. The number of urea groups is 1. The Balaban J connectivity index is 1.61. The SMILES string of the molecule is Cc1cccc(N2CCN(C(=O)Nc3c(Cl)cccc3Cl)CC2)c1. The number of anilines is 2. The third-order valence-corrected chi connectivity index (χ3v) is 4.76. The molecule has 1 N–H and O–H groups in total. The third-order valence-electron chi connectivity index (χ3n) is 4.13. The summed E-state index contributed by atoms with van der Waals surface area (Å²) in [6.45, 7) is 4.99. The molecule has 2 aromatic carbocycles. The molecule has 4 nitrogen and oxygen atoms in total. The van der Waals surface area contributed by atoms with E-state index in [2.05, 4.69) is 41.4 Å². The van der Waals surface area contributed by atoms with E-state index in [9.17, 15) is 4.79 Å². The Labute approximate surface area is 152 Å². The molecule has 1 saturated heterocycles. The van der Waals surface area contributed by atoms with E-state index in [0.29, 0.717) is 28.8 Å². The smallest absolute Gasteiger partial charge is 0.322 e. The average Bonchev–Trinajstić information content (AvgIpc) is 2.58. The van der Waals surface area contributed by atoms with Crippen LogP contribution in [0.3, 0.4) is 0 Å². The standard InChI is InChI=1S/C18H19Cl2N3O/c1-13-4-2-5-14(12-13)22-8-10-23(11-9-22)18(24)21-17-15(19)6-3-7-16(17)20/h2-7,12H,8-11H2,1H3,(H,21,24). The number of benzene rings is 2. The van der Waals surface area contributed by atoms with Crippen LogP contribution in [0.5, 0.6) is 0 Å². The van der Waals surface area contributed by atoms with Crippen molar-refractivity contribution >= 4 is 40.6 Å². The molecule has 1 aliphatic rings. The highest BCUT2D eigenvalue weighted by Crippen LogP contribution is 2.30. The fourth-order valence-electron chi connectivity index (χ4n) is 2.80. The largest absolute Gasteiger partial charge is 0.368 e. The van der Waals surface area contributed by atoms with Crippen molar-refractivity contribution in [1.82, 2.24) is 4.90 Å². The molecule has 1 fully saturated rings. The summed E-state index contributed by atoms with van der Waals surface area (Å²) in [5.41, 5.74) is 2.90. The average molecular weight is 364 g/mol. The molecule has 0 spiro atoms. The van der Waals surface area contributed by atoms with Crippen molar-refractivity contribution in [1.29, 1.82) is 0 Å². The molecule has 0 radical (unpaired) electrons. The van der Waals surface area contributed by atoms with Crippen molar-refractivity contribution in [3.63, 3.8) is 0 Å². The first-order chi connectivity index (χ1) is 11.5. The number of hydrogen-bond donors (Lipinski definition) is 1. The predicted molar refractivity (Wildman–Crippen MR) is 100 cm³/mol. The van der Waals surface area contributed by atoms with Gasteiger partial charge in [0.05, 0.1) is 15.7 Å². The van der Waals surface area contributed by atoms with E-state index in [-0.39, 0.29) is 6.03 Å². The van der Waals surface area contributed by atoms with Gasteiger partial charge in [-0.3, -0.25) is 0 Å². The molecular formula is C18H19Cl2N3O. The van der Waals surface area contributed by atoms with Crippen LogP contribution in [0.25, 0.3) is 0 Å². The molecule has 6 heteroatoms. The summed E-state index contributed by atoms with van der Waals surface area (Å²) >= 11 is 12.2. The molecule has 0 aromatic heterocycles. The van der Waals surface area contributed by atoms with Gasteiger partial charge in [-0.05, 0) is 36.8 Å². The lowest BCUT2D eigenvalue weighted by molar-refractivity contribution is 0.208. The van der Waals surface area contributed by atoms with Crippen LogP contribution in [0.2, 0.25) is 10.0 Å². The monoisotopic (exact) mass is 363 g/mol.